The maximum atomic E-state index is 14.2. The van der Waals surface area contributed by atoms with Crippen LogP contribution in [-0.4, -0.2) is 33.6 Å². The van der Waals surface area contributed by atoms with E-state index in [1.807, 2.05) is 12.1 Å². The van der Waals surface area contributed by atoms with Crippen molar-refractivity contribution in [3.8, 4) is 11.5 Å². The molecule has 0 unspecified atom stereocenters. The van der Waals surface area contributed by atoms with Gasteiger partial charge in [-0.3, -0.25) is 4.79 Å². The van der Waals surface area contributed by atoms with Gasteiger partial charge in [0.2, 0.25) is 15.9 Å². The predicted molar refractivity (Wildman–Crippen MR) is 125 cm³/mol. The highest BCUT2D eigenvalue weighted by Gasteiger charge is 2.29. The second kappa shape index (κ2) is 10.2. The summed E-state index contributed by atoms with van der Waals surface area (Å²) in [5.74, 6) is -0.205. The van der Waals surface area contributed by atoms with E-state index in [9.17, 15) is 17.6 Å². The third-order valence-corrected chi connectivity index (χ3v) is 6.95. The fraction of sp³-hybridized carbons (Fsp3) is 0.240. The minimum absolute atomic E-state index is 0.0915. The summed E-state index contributed by atoms with van der Waals surface area (Å²) < 4.78 is 53.5. The minimum Gasteiger partial charge on any atom is -0.486 e. The van der Waals surface area contributed by atoms with Crippen molar-refractivity contribution in [2.24, 2.45) is 0 Å². The Bertz CT molecular complexity index is 1270. The summed E-state index contributed by atoms with van der Waals surface area (Å²) in [5.41, 5.74) is 1.53. The molecule has 0 saturated heterocycles. The number of halogens is 1. The van der Waals surface area contributed by atoms with Crippen molar-refractivity contribution in [3.05, 3.63) is 89.7 Å². The van der Waals surface area contributed by atoms with E-state index in [4.69, 9.17) is 9.47 Å². The average Bonchev–Trinajstić information content (AvgIpc) is 2.84. The van der Waals surface area contributed by atoms with Gasteiger partial charge < -0.3 is 14.8 Å². The van der Waals surface area contributed by atoms with E-state index in [1.165, 1.54) is 12.1 Å². The molecule has 0 fully saturated rings. The number of ether oxygens (including phenoxy) is 2. The van der Waals surface area contributed by atoms with Crippen LogP contribution in [0.1, 0.15) is 24.1 Å². The number of nitrogens with one attached hydrogen (secondary N) is 2. The Balaban J connectivity index is 1.55. The van der Waals surface area contributed by atoms with Crippen LogP contribution in [0.25, 0.3) is 0 Å². The maximum Gasteiger partial charge on any atom is 0.244 e. The first-order chi connectivity index (χ1) is 16.3. The number of carbonyl (C=O) groups excluding carboxylic acids is 1. The lowest BCUT2D eigenvalue weighted by Gasteiger charge is -2.23. The van der Waals surface area contributed by atoms with Gasteiger partial charge in [0.1, 0.15) is 30.0 Å². The smallest absolute Gasteiger partial charge is 0.244 e. The van der Waals surface area contributed by atoms with Gasteiger partial charge in [-0.25, -0.2) is 12.8 Å². The van der Waals surface area contributed by atoms with Crippen molar-refractivity contribution in [2.75, 3.05) is 13.2 Å². The highest BCUT2D eigenvalue weighted by molar-refractivity contribution is 7.89. The van der Waals surface area contributed by atoms with Crippen LogP contribution in [-0.2, 0) is 21.2 Å². The molecule has 2 N–H and O–H groups in total. The Labute approximate surface area is 198 Å². The Hall–Kier alpha value is -3.43. The van der Waals surface area contributed by atoms with Crippen LogP contribution in [0, 0.1) is 5.82 Å². The van der Waals surface area contributed by atoms with Crippen molar-refractivity contribution in [3.63, 3.8) is 0 Å². The summed E-state index contributed by atoms with van der Waals surface area (Å²) >= 11 is 0. The SMILES string of the molecule is C[C@@H](NC(=O)[C@@H](Cc1ccccc1)NS(=O)(=O)c1ccccc1F)c1ccc2c(c1)OCCO2. The summed E-state index contributed by atoms with van der Waals surface area (Å²) in [6.07, 6.45) is 0.0915. The number of benzene rings is 3. The molecule has 0 aliphatic carbocycles. The second-order valence-electron chi connectivity index (χ2n) is 7.93. The van der Waals surface area contributed by atoms with E-state index in [0.29, 0.717) is 24.7 Å². The molecule has 1 aliphatic heterocycles. The van der Waals surface area contributed by atoms with Crippen LogP contribution < -0.4 is 19.5 Å². The van der Waals surface area contributed by atoms with Gasteiger partial charge in [0.15, 0.2) is 11.5 Å². The van der Waals surface area contributed by atoms with E-state index in [1.54, 1.807) is 43.3 Å². The van der Waals surface area contributed by atoms with Crippen LogP contribution in [0.4, 0.5) is 4.39 Å². The van der Waals surface area contributed by atoms with Crippen LogP contribution in [0.2, 0.25) is 0 Å². The third-order valence-electron chi connectivity index (χ3n) is 5.45. The summed E-state index contributed by atoms with van der Waals surface area (Å²) in [6, 6.07) is 17.8. The van der Waals surface area contributed by atoms with Crippen molar-refractivity contribution >= 4 is 15.9 Å². The van der Waals surface area contributed by atoms with Gasteiger partial charge in [0.05, 0.1) is 6.04 Å². The van der Waals surface area contributed by atoms with Gasteiger partial charge in [-0.1, -0.05) is 48.5 Å². The number of hydrogen-bond acceptors (Lipinski definition) is 5. The molecule has 0 radical (unpaired) electrons. The zero-order valence-corrected chi connectivity index (χ0v) is 19.3. The number of fused-ring (bicyclic) bond motifs is 1. The fourth-order valence-corrected chi connectivity index (χ4v) is 4.95. The molecule has 0 saturated carbocycles. The maximum absolute atomic E-state index is 14.2. The van der Waals surface area contributed by atoms with Crippen molar-refractivity contribution in [1.82, 2.24) is 10.0 Å². The largest absolute Gasteiger partial charge is 0.486 e. The lowest BCUT2D eigenvalue weighted by atomic mass is 10.0. The monoisotopic (exact) mass is 484 g/mol. The van der Waals surface area contributed by atoms with Crippen molar-refractivity contribution in [2.45, 2.75) is 30.3 Å². The van der Waals surface area contributed by atoms with Gasteiger partial charge in [0, 0.05) is 0 Å². The molecule has 34 heavy (non-hydrogen) atoms. The van der Waals surface area contributed by atoms with Crippen LogP contribution >= 0.6 is 0 Å². The van der Waals surface area contributed by atoms with Gasteiger partial charge in [0.25, 0.3) is 0 Å². The van der Waals surface area contributed by atoms with E-state index in [2.05, 4.69) is 10.0 Å². The quantitative estimate of drug-likeness (QED) is 0.511. The zero-order valence-electron chi connectivity index (χ0n) is 18.5. The van der Waals surface area contributed by atoms with E-state index in [-0.39, 0.29) is 6.42 Å². The molecule has 0 spiro atoms. The Morgan fingerprint density at radius 3 is 2.38 bits per heavy atom. The lowest BCUT2D eigenvalue weighted by molar-refractivity contribution is -0.123. The summed E-state index contributed by atoms with van der Waals surface area (Å²) in [4.78, 5) is 12.7. The number of rotatable bonds is 8. The van der Waals surface area contributed by atoms with Gasteiger partial charge in [-0.15, -0.1) is 0 Å². The Kier molecular flexibility index (Phi) is 7.14. The summed E-state index contributed by atoms with van der Waals surface area (Å²) in [7, 11) is -4.29. The highest BCUT2D eigenvalue weighted by atomic mass is 32.2. The minimum atomic E-state index is -4.29. The summed E-state index contributed by atoms with van der Waals surface area (Å²) in [6.45, 7) is 2.70. The molecule has 0 aromatic heterocycles. The van der Waals surface area contributed by atoms with Gasteiger partial charge in [-0.2, -0.15) is 4.72 Å². The lowest BCUT2D eigenvalue weighted by Crippen LogP contribution is -2.48. The molecule has 1 heterocycles. The predicted octanol–water partition coefficient (Wildman–Crippen LogP) is 3.36. The first kappa shape index (κ1) is 23.7. The Morgan fingerprint density at radius 2 is 1.65 bits per heavy atom. The fourth-order valence-electron chi connectivity index (χ4n) is 3.68. The molecule has 2 atom stereocenters. The number of sulfonamides is 1. The standard InChI is InChI=1S/C25H25FN2O5S/c1-17(19-11-12-22-23(16-19)33-14-13-32-22)27-25(29)21(15-18-7-3-2-4-8-18)28-34(30,31)24-10-6-5-9-20(24)26/h2-12,16-17,21,28H,13-15H2,1H3,(H,27,29)/t17-,21-/m1/s1. The van der Waals surface area contributed by atoms with Crippen LogP contribution in [0.15, 0.2) is 77.7 Å². The van der Waals surface area contributed by atoms with Crippen molar-refractivity contribution in [1.29, 1.82) is 0 Å². The van der Waals surface area contributed by atoms with Gasteiger partial charge >= 0.3 is 0 Å². The molecule has 178 valence electrons. The second-order valence-corrected chi connectivity index (χ2v) is 9.61. The highest BCUT2D eigenvalue weighted by Crippen LogP contribution is 2.32. The first-order valence-corrected chi connectivity index (χ1v) is 12.3. The normalized spacial score (nSPS) is 14.8. The zero-order chi connectivity index (χ0) is 24.1. The van der Waals surface area contributed by atoms with Crippen LogP contribution in [0.3, 0.4) is 0 Å². The molecule has 3 aromatic carbocycles. The molecular weight excluding hydrogens is 459 g/mol. The molecule has 4 rings (SSSR count). The molecule has 0 bridgehead atoms. The molecule has 7 nitrogen and oxygen atoms in total. The topological polar surface area (TPSA) is 93.7 Å². The average molecular weight is 485 g/mol. The van der Waals surface area contributed by atoms with Crippen molar-refractivity contribution < 1.29 is 27.1 Å². The first-order valence-electron chi connectivity index (χ1n) is 10.8. The molecular formula is C25H25FN2O5S. The molecule has 1 aliphatic rings. The third kappa shape index (κ3) is 5.55. The molecule has 1 amide bonds. The molecule has 9 heteroatoms. The Morgan fingerprint density at radius 1 is 0.971 bits per heavy atom. The number of carbonyl (C=O) groups is 1. The van der Waals surface area contributed by atoms with E-state index < -0.39 is 38.7 Å². The number of hydrogen-bond donors (Lipinski definition) is 2. The summed E-state index contributed by atoms with van der Waals surface area (Å²) in [5, 5.41) is 2.86. The van der Waals surface area contributed by atoms with Crippen LogP contribution in [0.5, 0.6) is 11.5 Å². The van der Waals surface area contributed by atoms with Gasteiger partial charge in [-0.05, 0) is 48.7 Å². The van der Waals surface area contributed by atoms with E-state index >= 15 is 0 Å². The number of amides is 1. The van der Waals surface area contributed by atoms with E-state index in [0.717, 1.165) is 23.3 Å². The molecule has 3 aromatic rings.